The Morgan fingerprint density at radius 3 is 2.69 bits per heavy atom. The smallest absolute Gasteiger partial charge is 0.228 e. The average Bonchev–Trinajstić information content (AvgIpc) is 3.26. The van der Waals surface area contributed by atoms with Gasteiger partial charge < -0.3 is 15.1 Å². The van der Waals surface area contributed by atoms with Gasteiger partial charge in [-0.05, 0) is 58.3 Å². The Balaban J connectivity index is 1.59. The van der Waals surface area contributed by atoms with E-state index >= 15 is 0 Å². The molecule has 2 unspecified atom stereocenters. The zero-order valence-electron chi connectivity index (χ0n) is 16.6. The SMILES string of the molecule is CCCN(C(=O)C1CC(=O)N(CC2CCCN2CC)C1)C1CCNCC1. The fraction of sp³-hybridized carbons (Fsp3) is 0.900. The molecule has 3 fully saturated rings. The fourth-order valence-electron chi connectivity index (χ4n) is 4.95. The molecule has 2 amide bonds. The second kappa shape index (κ2) is 9.18. The Morgan fingerprint density at radius 1 is 1.23 bits per heavy atom. The highest BCUT2D eigenvalue weighted by Gasteiger charge is 2.39. The lowest BCUT2D eigenvalue weighted by Gasteiger charge is -2.36. The Labute approximate surface area is 158 Å². The summed E-state index contributed by atoms with van der Waals surface area (Å²) in [5.74, 6) is 0.252. The molecule has 0 saturated carbocycles. The monoisotopic (exact) mass is 364 g/mol. The van der Waals surface area contributed by atoms with Crippen LogP contribution in [0, 0.1) is 5.92 Å². The van der Waals surface area contributed by atoms with Crippen LogP contribution in [-0.2, 0) is 9.59 Å². The highest BCUT2D eigenvalue weighted by Crippen LogP contribution is 2.26. The van der Waals surface area contributed by atoms with Crippen molar-refractivity contribution in [2.75, 3.05) is 45.8 Å². The predicted molar refractivity (Wildman–Crippen MR) is 103 cm³/mol. The molecule has 3 aliphatic rings. The molecule has 0 aromatic rings. The van der Waals surface area contributed by atoms with Crippen LogP contribution in [0.15, 0.2) is 0 Å². The van der Waals surface area contributed by atoms with Crippen LogP contribution >= 0.6 is 0 Å². The maximum absolute atomic E-state index is 13.2. The first-order chi connectivity index (χ1) is 12.6. The summed E-state index contributed by atoms with van der Waals surface area (Å²) >= 11 is 0. The van der Waals surface area contributed by atoms with Gasteiger partial charge in [0.15, 0.2) is 0 Å². The van der Waals surface area contributed by atoms with Gasteiger partial charge in [0.1, 0.15) is 0 Å². The van der Waals surface area contributed by atoms with E-state index in [4.69, 9.17) is 0 Å². The van der Waals surface area contributed by atoms with Crippen LogP contribution in [0.4, 0.5) is 0 Å². The molecule has 3 rings (SSSR count). The van der Waals surface area contributed by atoms with Crippen LogP contribution in [0.25, 0.3) is 0 Å². The third kappa shape index (κ3) is 4.39. The topological polar surface area (TPSA) is 55.9 Å². The number of likely N-dealkylation sites (N-methyl/N-ethyl adjacent to an activating group) is 1. The minimum Gasteiger partial charge on any atom is -0.340 e. The molecule has 0 bridgehead atoms. The highest BCUT2D eigenvalue weighted by molar-refractivity contribution is 5.89. The standard InChI is InChI=1S/C20H36N4O2/c1-3-11-24(17-7-9-21-10-8-17)20(26)16-13-19(25)23(14-16)15-18-6-5-12-22(18)4-2/h16-18,21H,3-15H2,1-2H3. The van der Waals surface area contributed by atoms with Gasteiger partial charge in [0.25, 0.3) is 0 Å². The Kier molecular flexibility index (Phi) is 6.92. The molecule has 0 aromatic carbocycles. The molecule has 1 N–H and O–H groups in total. The van der Waals surface area contributed by atoms with Crippen molar-refractivity contribution in [2.45, 2.75) is 64.5 Å². The summed E-state index contributed by atoms with van der Waals surface area (Å²) in [5, 5.41) is 3.38. The molecule has 2 atom stereocenters. The normalized spacial score (nSPS) is 28.1. The lowest BCUT2D eigenvalue weighted by atomic mass is 10.0. The van der Waals surface area contributed by atoms with Crippen molar-refractivity contribution in [1.29, 1.82) is 0 Å². The van der Waals surface area contributed by atoms with Gasteiger partial charge >= 0.3 is 0 Å². The molecular formula is C20H36N4O2. The zero-order chi connectivity index (χ0) is 18.5. The maximum Gasteiger partial charge on any atom is 0.228 e. The van der Waals surface area contributed by atoms with Gasteiger partial charge in [-0.15, -0.1) is 0 Å². The van der Waals surface area contributed by atoms with E-state index in [-0.39, 0.29) is 17.7 Å². The Hall–Kier alpha value is -1.14. The minimum absolute atomic E-state index is 0.139. The molecule has 0 radical (unpaired) electrons. The molecule has 0 aliphatic carbocycles. The third-order valence-corrected chi connectivity index (χ3v) is 6.40. The van der Waals surface area contributed by atoms with Gasteiger partial charge in [0.2, 0.25) is 11.8 Å². The summed E-state index contributed by atoms with van der Waals surface area (Å²) in [4.78, 5) is 32.3. The summed E-state index contributed by atoms with van der Waals surface area (Å²) in [5.41, 5.74) is 0. The number of hydrogen-bond acceptors (Lipinski definition) is 4. The number of hydrogen-bond donors (Lipinski definition) is 1. The zero-order valence-corrected chi connectivity index (χ0v) is 16.6. The molecule has 148 valence electrons. The van der Waals surface area contributed by atoms with Gasteiger partial charge in [-0.2, -0.15) is 0 Å². The van der Waals surface area contributed by atoms with E-state index in [0.29, 0.717) is 25.0 Å². The summed E-state index contributed by atoms with van der Waals surface area (Å²) in [7, 11) is 0. The van der Waals surface area contributed by atoms with E-state index in [1.54, 1.807) is 0 Å². The first-order valence-corrected chi connectivity index (χ1v) is 10.7. The van der Waals surface area contributed by atoms with Gasteiger partial charge in [-0.1, -0.05) is 13.8 Å². The second-order valence-electron chi connectivity index (χ2n) is 8.14. The molecule has 6 nitrogen and oxygen atoms in total. The van der Waals surface area contributed by atoms with Crippen LogP contribution in [0.3, 0.4) is 0 Å². The summed E-state index contributed by atoms with van der Waals surface area (Å²) < 4.78 is 0. The fourth-order valence-corrected chi connectivity index (χ4v) is 4.95. The molecule has 3 saturated heterocycles. The van der Waals surface area contributed by atoms with Crippen LogP contribution in [0.1, 0.15) is 52.4 Å². The summed E-state index contributed by atoms with van der Waals surface area (Å²) in [6.07, 6.45) is 5.85. The van der Waals surface area contributed by atoms with Crippen LogP contribution < -0.4 is 5.32 Å². The van der Waals surface area contributed by atoms with Crippen molar-refractivity contribution >= 4 is 11.8 Å². The molecule has 0 spiro atoms. The van der Waals surface area contributed by atoms with Crippen molar-refractivity contribution in [2.24, 2.45) is 5.92 Å². The minimum atomic E-state index is -0.139. The Bertz CT molecular complexity index is 492. The number of piperidine rings is 1. The molecule has 26 heavy (non-hydrogen) atoms. The summed E-state index contributed by atoms with van der Waals surface area (Å²) in [6, 6.07) is 0.826. The van der Waals surface area contributed by atoms with Crippen molar-refractivity contribution in [1.82, 2.24) is 20.0 Å². The quantitative estimate of drug-likeness (QED) is 0.740. The number of carbonyl (C=O) groups excluding carboxylic acids is 2. The van der Waals surface area contributed by atoms with Gasteiger partial charge in [0, 0.05) is 38.1 Å². The largest absolute Gasteiger partial charge is 0.340 e. The summed E-state index contributed by atoms with van der Waals surface area (Å²) in [6.45, 7) is 10.7. The van der Waals surface area contributed by atoms with Crippen molar-refractivity contribution in [3.63, 3.8) is 0 Å². The number of carbonyl (C=O) groups is 2. The Morgan fingerprint density at radius 2 is 2.00 bits per heavy atom. The van der Waals surface area contributed by atoms with E-state index in [9.17, 15) is 9.59 Å². The first-order valence-electron chi connectivity index (χ1n) is 10.7. The average molecular weight is 365 g/mol. The van der Waals surface area contributed by atoms with E-state index in [1.807, 2.05) is 4.90 Å². The van der Waals surface area contributed by atoms with Gasteiger partial charge in [-0.3, -0.25) is 14.5 Å². The van der Waals surface area contributed by atoms with E-state index in [1.165, 1.54) is 12.8 Å². The second-order valence-corrected chi connectivity index (χ2v) is 8.14. The van der Waals surface area contributed by atoms with Gasteiger partial charge in [0.05, 0.1) is 5.92 Å². The predicted octanol–water partition coefficient (Wildman–Crippen LogP) is 1.31. The number of rotatable bonds is 7. The molecule has 6 heteroatoms. The molecule has 3 aliphatic heterocycles. The van der Waals surface area contributed by atoms with Crippen LogP contribution in [0.2, 0.25) is 0 Å². The third-order valence-electron chi connectivity index (χ3n) is 6.40. The van der Waals surface area contributed by atoms with Crippen LogP contribution in [0.5, 0.6) is 0 Å². The first kappa shape index (κ1) is 19.6. The van der Waals surface area contributed by atoms with Crippen LogP contribution in [-0.4, -0.2) is 84.4 Å². The molecule has 3 heterocycles. The maximum atomic E-state index is 13.2. The lowest BCUT2D eigenvalue weighted by Crippen LogP contribution is -2.49. The van der Waals surface area contributed by atoms with Crippen molar-refractivity contribution in [3.05, 3.63) is 0 Å². The molecule has 0 aromatic heterocycles. The number of amides is 2. The number of nitrogens with one attached hydrogen (secondary N) is 1. The van der Waals surface area contributed by atoms with E-state index in [0.717, 1.165) is 58.5 Å². The van der Waals surface area contributed by atoms with Crippen molar-refractivity contribution in [3.8, 4) is 0 Å². The number of likely N-dealkylation sites (tertiary alicyclic amines) is 2. The highest BCUT2D eigenvalue weighted by atomic mass is 16.2. The number of nitrogens with zero attached hydrogens (tertiary/aromatic N) is 3. The van der Waals surface area contributed by atoms with Gasteiger partial charge in [-0.25, -0.2) is 0 Å². The lowest BCUT2D eigenvalue weighted by molar-refractivity contribution is -0.138. The molecular weight excluding hydrogens is 328 g/mol. The van der Waals surface area contributed by atoms with Crippen molar-refractivity contribution < 1.29 is 9.59 Å². The van der Waals surface area contributed by atoms with E-state index in [2.05, 4.69) is 29.0 Å². The van der Waals surface area contributed by atoms with E-state index < -0.39 is 0 Å².